The van der Waals surface area contributed by atoms with Crippen molar-refractivity contribution in [1.29, 1.82) is 0 Å². The number of nitrogens with two attached hydrogens (primary N) is 1. The number of aromatic hydroxyl groups is 1. The number of piperidine rings is 1. The van der Waals surface area contributed by atoms with Crippen LogP contribution in [0.3, 0.4) is 0 Å². The van der Waals surface area contributed by atoms with Crippen molar-refractivity contribution in [2.24, 2.45) is 15.9 Å². The molecule has 0 unspecified atom stereocenters. The van der Waals surface area contributed by atoms with Crippen LogP contribution >= 0.6 is 11.3 Å². The van der Waals surface area contributed by atoms with Crippen LogP contribution in [0.15, 0.2) is 28.4 Å². The third-order valence-corrected chi connectivity index (χ3v) is 6.00. The predicted octanol–water partition coefficient (Wildman–Crippen LogP) is 0.505. The minimum absolute atomic E-state index is 0.00571. The van der Waals surface area contributed by atoms with Crippen LogP contribution in [0, 0.1) is 0 Å². The average Bonchev–Trinajstić information content (AvgIpc) is 3.29. The summed E-state index contributed by atoms with van der Waals surface area (Å²) in [6.45, 7) is 3.26. The molecular formula is C19H21N5O3S. The number of benzene rings is 1. The lowest BCUT2D eigenvalue weighted by Gasteiger charge is -2.37. The molecule has 4 rings (SSSR count). The molecule has 146 valence electrons. The van der Waals surface area contributed by atoms with Crippen LogP contribution in [0.25, 0.3) is 6.08 Å². The van der Waals surface area contributed by atoms with Gasteiger partial charge in [0.2, 0.25) is 5.88 Å². The lowest BCUT2D eigenvalue weighted by atomic mass is 9.89. The molecule has 2 aromatic rings. The Hall–Kier alpha value is -2.78. The van der Waals surface area contributed by atoms with Crippen molar-refractivity contribution in [3.8, 4) is 5.88 Å². The van der Waals surface area contributed by atoms with Crippen LogP contribution in [0.5, 0.6) is 5.88 Å². The van der Waals surface area contributed by atoms with Crippen LogP contribution < -0.4 is 21.2 Å². The number of ether oxygens (including phenoxy) is 1. The average molecular weight is 399 g/mol. The van der Waals surface area contributed by atoms with Gasteiger partial charge in [0.05, 0.1) is 23.1 Å². The number of rotatable bonds is 4. The molecule has 8 nitrogen and oxygen atoms in total. The summed E-state index contributed by atoms with van der Waals surface area (Å²) < 4.78 is 5.09. The molecule has 3 N–H and O–H groups in total. The zero-order valence-electron chi connectivity index (χ0n) is 15.5. The lowest BCUT2D eigenvalue weighted by Crippen LogP contribution is -2.56. The summed E-state index contributed by atoms with van der Waals surface area (Å²) >= 11 is 1.41. The van der Waals surface area contributed by atoms with Crippen LogP contribution in [0.4, 0.5) is 5.13 Å². The Morgan fingerprint density at radius 2 is 2.21 bits per heavy atom. The van der Waals surface area contributed by atoms with Crippen LogP contribution in [-0.2, 0) is 9.53 Å². The Kier molecular flexibility index (Phi) is 4.86. The van der Waals surface area contributed by atoms with Gasteiger partial charge in [-0.2, -0.15) is 15.2 Å². The van der Waals surface area contributed by atoms with E-state index in [2.05, 4.69) is 15.2 Å². The monoisotopic (exact) mass is 399 g/mol. The number of thiazole rings is 1. The van der Waals surface area contributed by atoms with Gasteiger partial charge in [-0.15, -0.1) is 0 Å². The molecule has 0 amide bonds. The zero-order chi connectivity index (χ0) is 19.7. The normalized spacial score (nSPS) is 18.1. The molecule has 0 aliphatic carbocycles. The van der Waals surface area contributed by atoms with Crippen molar-refractivity contribution in [3.05, 3.63) is 39.2 Å². The molecule has 9 heteroatoms. The lowest BCUT2D eigenvalue weighted by molar-refractivity contribution is -0.150. The third-order valence-electron chi connectivity index (χ3n) is 4.94. The van der Waals surface area contributed by atoms with Crippen molar-refractivity contribution in [2.75, 3.05) is 24.6 Å². The minimum atomic E-state index is -0.947. The topological polar surface area (TPSA) is 113 Å². The van der Waals surface area contributed by atoms with E-state index in [9.17, 15) is 9.90 Å². The SMILES string of the molecule is CCOC(=O)C1(N)CCN(c2nc(O)c(C=c3ccc4c(c3)C=NN=4)s2)CC1. The molecule has 0 atom stereocenters. The standard InChI is InChI=1S/C19H21N5O3S/c1-2-27-17(26)19(20)5-7-24(8-6-19)18-22-16(25)15(28-18)10-12-3-4-14-13(9-12)11-21-23-14/h3-4,9-11,25H,2,5-8,20H2,1H3. The van der Waals surface area contributed by atoms with Gasteiger partial charge in [0, 0.05) is 18.7 Å². The fourth-order valence-electron chi connectivity index (χ4n) is 3.28. The summed E-state index contributed by atoms with van der Waals surface area (Å²) in [5, 5.41) is 20.7. The Morgan fingerprint density at radius 1 is 1.43 bits per heavy atom. The largest absolute Gasteiger partial charge is 0.492 e. The first-order valence-electron chi connectivity index (χ1n) is 9.12. The van der Waals surface area contributed by atoms with E-state index in [1.165, 1.54) is 11.3 Å². The fourth-order valence-corrected chi connectivity index (χ4v) is 4.25. The van der Waals surface area contributed by atoms with Gasteiger partial charge in [0.25, 0.3) is 0 Å². The molecule has 2 aliphatic heterocycles. The molecule has 0 radical (unpaired) electrons. The summed E-state index contributed by atoms with van der Waals surface area (Å²) in [4.78, 5) is 19.1. The van der Waals surface area contributed by atoms with Crippen molar-refractivity contribution in [1.82, 2.24) is 4.98 Å². The molecule has 1 aromatic carbocycles. The molecule has 1 aromatic heterocycles. The number of nitrogens with zero attached hydrogens (tertiary/aromatic N) is 4. The van der Waals surface area contributed by atoms with Gasteiger partial charge in [0.1, 0.15) is 5.54 Å². The maximum absolute atomic E-state index is 12.1. The molecule has 0 bridgehead atoms. The molecule has 0 saturated carbocycles. The number of aromatic nitrogens is 1. The van der Waals surface area contributed by atoms with E-state index in [4.69, 9.17) is 10.5 Å². The number of fused-ring (bicyclic) bond motifs is 1. The summed E-state index contributed by atoms with van der Waals surface area (Å²) in [6.07, 6.45) is 4.57. The Bertz CT molecular complexity index is 1050. The zero-order valence-corrected chi connectivity index (χ0v) is 16.3. The van der Waals surface area contributed by atoms with Gasteiger partial charge in [-0.1, -0.05) is 17.4 Å². The molecule has 1 saturated heterocycles. The maximum atomic E-state index is 12.1. The number of carbonyl (C=O) groups is 1. The van der Waals surface area contributed by atoms with E-state index < -0.39 is 5.54 Å². The van der Waals surface area contributed by atoms with Crippen LogP contribution in [0.2, 0.25) is 0 Å². The van der Waals surface area contributed by atoms with E-state index in [-0.39, 0.29) is 11.8 Å². The highest BCUT2D eigenvalue weighted by atomic mass is 32.1. The van der Waals surface area contributed by atoms with Crippen LogP contribution in [0.1, 0.15) is 30.2 Å². The highest BCUT2D eigenvalue weighted by Gasteiger charge is 2.39. The molecular weight excluding hydrogens is 378 g/mol. The van der Waals surface area contributed by atoms with E-state index in [1.54, 1.807) is 13.1 Å². The van der Waals surface area contributed by atoms with Gasteiger partial charge in [-0.3, -0.25) is 4.79 Å². The smallest absolute Gasteiger partial charge is 0.326 e. The summed E-state index contributed by atoms with van der Waals surface area (Å²) in [5.74, 6) is -0.355. The van der Waals surface area contributed by atoms with Gasteiger partial charge >= 0.3 is 5.97 Å². The number of hydrogen-bond acceptors (Lipinski definition) is 9. The predicted molar refractivity (Wildman–Crippen MR) is 107 cm³/mol. The summed E-state index contributed by atoms with van der Waals surface area (Å²) in [7, 11) is 0. The van der Waals surface area contributed by atoms with E-state index in [0.717, 1.165) is 16.1 Å². The highest BCUT2D eigenvalue weighted by molar-refractivity contribution is 7.16. The summed E-state index contributed by atoms with van der Waals surface area (Å²) in [5.41, 5.74) is 6.22. The Morgan fingerprint density at radius 3 is 2.96 bits per heavy atom. The van der Waals surface area contributed by atoms with Gasteiger partial charge in [-0.25, -0.2) is 0 Å². The van der Waals surface area contributed by atoms with Gasteiger partial charge < -0.3 is 20.5 Å². The first-order valence-corrected chi connectivity index (χ1v) is 9.94. The van der Waals surface area contributed by atoms with Gasteiger partial charge in [0.15, 0.2) is 5.13 Å². The Labute approximate surface area is 165 Å². The second-order valence-corrected chi connectivity index (χ2v) is 7.86. The van der Waals surface area contributed by atoms with Crippen LogP contribution in [-0.4, -0.2) is 47.5 Å². The Balaban J connectivity index is 1.51. The maximum Gasteiger partial charge on any atom is 0.326 e. The molecule has 3 heterocycles. The van der Waals surface area contributed by atoms with Crippen molar-refractivity contribution < 1.29 is 14.6 Å². The number of carbonyl (C=O) groups excluding carboxylic acids is 1. The molecule has 1 fully saturated rings. The fraction of sp³-hybridized carbons (Fsp3) is 0.368. The van der Waals surface area contributed by atoms with Crippen molar-refractivity contribution >= 4 is 34.7 Å². The molecule has 2 aliphatic rings. The quantitative estimate of drug-likeness (QED) is 0.724. The molecule has 0 spiro atoms. The van der Waals surface area contributed by atoms with E-state index >= 15 is 0 Å². The number of hydrogen-bond donors (Lipinski definition) is 2. The van der Waals surface area contributed by atoms with Gasteiger partial charge in [-0.05, 0) is 43.2 Å². The van der Waals surface area contributed by atoms with Crippen molar-refractivity contribution in [3.63, 3.8) is 0 Å². The van der Waals surface area contributed by atoms with Crippen molar-refractivity contribution in [2.45, 2.75) is 25.3 Å². The highest BCUT2D eigenvalue weighted by Crippen LogP contribution is 2.34. The second kappa shape index (κ2) is 7.33. The molecule has 28 heavy (non-hydrogen) atoms. The van der Waals surface area contributed by atoms with E-state index in [0.29, 0.717) is 42.5 Å². The number of esters is 1. The minimum Gasteiger partial charge on any atom is -0.492 e. The number of anilines is 1. The third kappa shape index (κ3) is 3.50. The first kappa shape index (κ1) is 18.6. The summed E-state index contributed by atoms with van der Waals surface area (Å²) in [6, 6.07) is 5.80. The van der Waals surface area contributed by atoms with E-state index in [1.807, 2.05) is 29.2 Å². The second-order valence-electron chi connectivity index (χ2n) is 6.86. The first-order chi connectivity index (χ1) is 13.5.